The van der Waals surface area contributed by atoms with Gasteiger partial charge in [0.25, 0.3) is 10.1 Å². The van der Waals surface area contributed by atoms with Crippen LogP contribution in [0, 0.1) is 6.92 Å². The molecule has 0 atom stereocenters. The lowest BCUT2D eigenvalue weighted by atomic mass is 10.2. The Balaban J connectivity index is -0.000000351. The van der Waals surface area contributed by atoms with Gasteiger partial charge in [0.05, 0.1) is 4.90 Å². The molecule has 8 heteroatoms. The van der Waals surface area contributed by atoms with Crippen LogP contribution < -0.4 is 0 Å². The van der Waals surface area contributed by atoms with Crippen molar-refractivity contribution in [1.82, 2.24) is 9.80 Å². The van der Waals surface area contributed by atoms with Gasteiger partial charge in [-0.1, -0.05) is 65.3 Å². The molecule has 0 spiro atoms. The number of aliphatic carboxylic acids is 1. The van der Waals surface area contributed by atoms with E-state index in [4.69, 9.17) is 9.66 Å². The van der Waals surface area contributed by atoms with Crippen molar-refractivity contribution >= 4 is 16.1 Å². The first-order chi connectivity index (χ1) is 14.3. The minimum absolute atomic E-state index is 0.0666. The van der Waals surface area contributed by atoms with Crippen LogP contribution in [0.2, 0.25) is 0 Å². The zero-order valence-electron chi connectivity index (χ0n) is 20.7. The van der Waals surface area contributed by atoms with Gasteiger partial charge in [0.2, 0.25) is 0 Å². The van der Waals surface area contributed by atoms with E-state index in [0.717, 1.165) is 38.2 Å². The molecule has 182 valence electrons. The second kappa shape index (κ2) is 20.2. The Morgan fingerprint density at radius 3 is 1.42 bits per heavy atom. The molecule has 0 bridgehead atoms. The molecule has 31 heavy (non-hydrogen) atoms. The van der Waals surface area contributed by atoms with Gasteiger partial charge in [-0.15, -0.1) is 0 Å². The summed E-state index contributed by atoms with van der Waals surface area (Å²) in [7, 11) is 0.203. The summed E-state index contributed by atoms with van der Waals surface area (Å²) in [5.41, 5.74) is 1.25. The van der Waals surface area contributed by atoms with Crippen molar-refractivity contribution in [3.05, 3.63) is 42.0 Å². The molecule has 0 aliphatic carbocycles. The molecule has 1 aromatic rings. The molecular formula is C23H44N2O5S. The van der Waals surface area contributed by atoms with E-state index >= 15 is 0 Å². The van der Waals surface area contributed by atoms with Gasteiger partial charge >= 0.3 is 5.97 Å². The summed E-state index contributed by atoms with van der Waals surface area (Å²) in [6, 6.07) is 5.99. The fourth-order valence-electron chi connectivity index (χ4n) is 1.57. The molecule has 0 radical (unpaired) electrons. The summed E-state index contributed by atoms with van der Waals surface area (Å²) in [5, 5.41) is 8.21. The highest BCUT2D eigenvalue weighted by Crippen LogP contribution is 2.08. The van der Waals surface area contributed by atoms with Crippen LogP contribution >= 0.6 is 0 Å². The minimum Gasteiger partial charge on any atom is -0.478 e. The SMILES string of the molecule is C=C(CCC)C(=O)O.CCN(C)CC.CCN(C)CC.Cc1ccc(S(=O)(=O)O)cc1. The number of hydrogen-bond acceptors (Lipinski definition) is 5. The first kappa shape index (κ1) is 33.9. The van der Waals surface area contributed by atoms with E-state index in [1.807, 2.05) is 13.8 Å². The lowest BCUT2D eigenvalue weighted by molar-refractivity contribution is -0.132. The van der Waals surface area contributed by atoms with Gasteiger partial charge in [-0.05, 0) is 65.8 Å². The zero-order chi connectivity index (χ0) is 25.0. The summed E-state index contributed by atoms with van der Waals surface area (Å²) in [4.78, 5) is 14.4. The van der Waals surface area contributed by atoms with E-state index in [9.17, 15) is 13.2 Å². The van der Waals surface area contributed by atoms with Crippen LogP contribution in [0.5, 0.6) is 0 Å². The van der Waals surface area contributed by atoms with Gasteiger partial charge < -0.3 is 14.9 Å². The normalized spacial score (nSPS) is 10.2. The Hall–Kier alpha value is -1.74. The average Bonchev–Trinajstić information content (AvgIpc) is 2.73. The van der Waals surface area contributed by atoms with Crippen LogP contribution in [0.1, 0.15) is 53.0 Å². The number of nitrogens with zero attached hydrogens (tertiary/aromatic N) is 2. The Bertz CT molecular complexity index is 670. The van der Waals surface area contributed by atoms with E-state index in [-0.39, 0.29) is 4.90 Å². The number of benzene rings is 1. The molecule has 2 N–H and O–H groups in total. The van der Waals surface area contributed by atoms with E-state index < -0.39 is 16.1 Å². The van der Waals surface area contributed by atoms with Crippen LogP contribution in [0.25, 0.3) is 0 Å². The van der Waals surface area contributed by atoms with Crippen molar-refractivity contribution in [3.63, 3.8) is 0 Å². The van der Waals surface area contributed by atoms with Gasteiger partial charge in [0.15, 0.2) is 0 Å². The molecule has 0 heterocycles. The van der Waals surface area contributed by atoms with E-state index in [1.54, 1.807) is 12.1 Å². The second-order valence-corrected chi connectivity index (χ2v) is 8.35. The summed E-state index contributed by atoms with van der Waals surface area (Å²) in [5.74, 6) is -0.883. The van der Waals surface area contributed by atoms with Crippen molar-refractivity contribution in [2.45, 2.75) is 59.3 Å². The Labute approximate surface area is 190 Å². The van der Waals surface area contributed by atoms with Gasteiger partial charge in [-0.25, -0.2) is 4.79 Å². The summed E-state index contributed by atoms with van der Waals surface area (Å²) < 4.78 is 29.6. The van der Waals surface area contributed by atoms with E-state index in [1.165, 1.54) is 12.1 Å². The number of carboxylic acids is 1. The van der Waals surface area contributed by atoms with Crippen molar-refractivity contribution in [3.8, 4) is 0 Å². The third-order valence-electron chi connectivity index (χ3n) is 4.33. The van der Waals surface area contributed by atoms with Crippen LogP contribution in [0.4, 0.5) is 0 Å². The molecule has 0 aliphatic rings. The number of rotatable bonds is 8. The van der Waals surface area contributed by atoms with Crippen molar-refractivity contribution < 1.29 is 22.9 Å². The predicted octanol–water partition coefficient (Wildman–Crippen LogP) is 4.59. The summed E-state index contributed by atoms with van der Waals surface area (Å²) >= 11 is 0. The molecule has 0 fully saturated rings. The van der Waals surface area contributed by atoms with Gasteiger partial charge in [0, 0.05) is 5.57 Å². The van der Waals surface area contributed by atoms with E-state index in [2.05, 4.69) is 58.2 Å². The fraction of sp³-hybridized carbons (Fsp3) is 0.609. The molecule has 0 amide bonds. The highest BCUT2D eigenvalue weighted by Gasteiger charge is 2.06. The van der Waals surface area contributed by atoms with Crippen molar-refractivity contribution in [1.29, 1.82) is 0 Å². The lowest BCUT2D eigenvalue weighted by Crippen LogP contribution is -2.15. The van der Waals surface area contributed by atoms with Crippen molar-refractivity contribution in [2.75, 3.05) is 40.3 Å². The average molecular weight is 461 g/mol. The minimum atomic E-state index is -4.02. The third-order valence-corrected chi connectivity index (χ3v) is 5.20. The monoisotopic (exact) mass is 460 g/mol. The van der Waals surface area contributed by atoms with Gasteiger partial charge in [0.1, 0.15) is 0 Å². The molecule has 0 unspecified atom stereocenters. The maximum atomic E-state index is 10.5. The highest BCUT2D eigenvalue weighted by atomic mass is 32.2. The quantitative estimate of drug-likeness (QED) is 0.432. The summed E-state index contributed by atoms with van der Waals surface area (Å²) in [6.07, 6.45) is 1.44. The molecule has 0 saturated carbocycles. The molecule has 1 rings (SSSR count). The molecular weight excluding hydrogens is 416 g/mol. The maximum absolute atomic E-state index is 10.5. The predicted molar refractivity (Wildman–Crippen MR) is 130 cm³/mol. The first-order valence-electron chi connectivity index (χ1n) is 10.6. The molecule has 0 saturated heterocycles. The molecule has 7 nitrogen and oxygen atoms in total. The fourth-order valence-corrected chi connectivity index (χ4v) is 2.05. The second-order valence-electron chi connectivity index (χ2n) is 6.92. The number of hydrogen-bond donors (Lipinski definition) is 2. The van der Waals surface area contributed by atoms with E-state index in [0.29, 0.717) is 12.0 Å². The van der Waals surface area contributed by atoms with Crippen molar-refractivity contribution in [2.24, 2.45) is 0 Å². The first-order valence-corrected chi connectivity index (χ1v) is 12.1. The maximum Gasteiger partial charge on any atom is 0.330 e. The van der Waals surface area contributed by atoms with Crippen LogP contribution in [0.15, 0.2) is 41.3 Å². The molecule has 1 aromatic carbocycles. The number of aryl methyl sites for hydroxylation is 1. The van der Waals surface area contributed by atoms with Crippen LogP contribution in [-0.2, 0) is 14.9 Å². The Kier molecular flexibility index (Phi) is 22.1. The molecule has 0 aliphatic heterocycles. The lowest BCUT2D eigenvalue weighted by Gasteiger charge is -2.07. The van der Waals surface area contributed by atoms with Gasteiger partial charge in [-0.2, -0.15) is 8.42 Å². The Morgan fingerprint density at radius 1 is 0.903 bits per heavy atom. The summed E-state index contributed by atoms with van der Waals surface area (Å²) in [6.45, 7) is 20.4. The molecule has 0 aromatic heterocycles. The topological polar surface area (TPSA) is 98.2 Å². The third kappa shape index (κ3) is 22.8. The zero-order valence-corrected chi connectivity index (χ0v) is 21.5. The number of carbonyl (C=O) groups is 1. The van der Waals surface area contributed by atoms with Crippen LogP contribution in [-0.4, -0.2) is 74.1 Å². The van der Waals surface area contributed by atoms with Gasteiger partial charge in [-0.3, -0.25) is 4.55 Å². The highest BCUT2D eigenvalue weighted by molar-refractivity contribution is 7.85. The van der Waals surface area contributed by atoms with Crippen LogP contribution in [0.3, 0.4) is 0 Å². The standard InChI is InChI=1S/C7H8O3S.C6H10O2.2C5H13N/c1-6-2-4-7(5-3-6)11(8,9)10;1-3-4-5(2)6(7)8;2*1-4-6(3)5-2/h2-5H,1H3,(H,8,9,10);2-4H2,1H3,(H,7,8);2*4-5H2,1-3H3. The Morgan fingerprint density at radius 2 is 1.26 bits per heavy atom. The largest absolute Gasteiger partial charge is 0.478 e. The number of carboxylic acid groups (broad SMARTS) is 1. The smallest absolute Gasteiger partial charge is 0.330 e.